The Bertz CT molecular complexity index is 599. The molecule has 1 amide bonds. The van der Waals surface area contributed by atoms with Gasteiger partial charge in [0.1, 0.15) is 11.6 Å². The number of hydrogen-bond acceptors (Lipinski definition) is 7. The van der Waals surface area contributed by atoms with Gasteiger partial charge in [-0.25, -0.2) is 9.97 Å². The van der Waals surface area contributed by atoms with Crippen molar-refractivity contribution in [1.29, 1.82) is 5.26 Å². The van der Waals surface area contributed by atoms with Gasteiger partial charge in [0.05, 0.1) is 19.2 Å². The lowest BCUT2D eigenvalue weighted by Crippen LogP contribution is -2.28. The van der Waals surface area contributed by atoms with Gasteiger partial charge in [-0.05, 0) is 6.26 Å². The van der Waals surface area contributed by atoms with Gasteiger partial charge < -0.3 is 4.74 Å². The molecule has 0 aromatic carbocycles. The average molecular weight is 292 g/mol. The third-order valence-electron chi connectivity index (χ3n) is 2.96. The second-order valence-corrected chi connectivity index (χ2v) is 4.91. The number of carbonyl (C=O) groups is 2. The number of nitrogens with zero attached hydrogens (tertiary/aromatic N) is 4. The van der Waals surface area contributed by atoms with Crippen LogP contribution in [0.5, 0.6) is 0 Å². The van der Waals surface area contributed by atoms with Crippen molar-refractivity contribution >= 4 is 29.5 Å². The van der Waals surface area contributed by atoms with Crippen LogP contribution in [0.3, 0.4) is 0 Å². The highest BCUT2D eigenvalue weighted by molar-refractivity contribution is 7.98. The summed E-state index contributed by atoms with van der Waals surface area (Å²) >= 11 is 1.31. The molecule has 0 aliphatic carbocycles. The third kappa shape index (κ3) is 2.58. The molecule has 7 nitrogen and oxygen atoms in total. The predicted molar refractivity (Wildman–Crippen MR) is 71.0 cm³/mol. The van der Waals surface area contributed by atoms with E-state index in [2.05, 4.69) is 14.7 Å². The van der Waals surface area contributed by atoms with Crippen molar-refractivity contribution < 1.29 is 14.3 Å². The lowest BCUT2D eigenvalue weighted by atomic mass is 10.1. The highest BCUT2D eigenvalue weighted by atomic mass is 32.2. The molecule has 0 saturated carbocycles. The SMILES string of the molecule is COC(=O)C1CC(=O)N(c2nc(SC)ncc2C#N)C1. The molecule has 1 aliphatic heterocycles. The lowest BCUT2D eigenvalue weighted by molar-refractivity contribution is -0.145. The van der Waals surface area contributed by atoms with E-state index in [4.69, 9.17) is 5.26 Å². The highest BCUT2D eigenvalue weighted by Gasteiger charge is 2.37. The number of amides is 1. The quantitative estimate of drug-likeness (QED) is 0.457. The molecule has 1 unspecified atom stereocenters. The molecule has 2 heterocycles. The van der Waals surface area contributed by atoms with Crippen molar-refractivity contribution in [3.63, 3.8) is 0 Å². The number of nitriles is 1. The summed E-state index contributed by atoms with van der Waals surface area (Å²) in [6, 6.07) is 1.96. The van der Waals surface area contributed by atoms with Crippen LogP contribution in [0.4, 0.5) is 5.82 Å². The van der Waals surface area contributed by atoms with E-state index >= 15 is 0 Å². The molecule has 0 N–H and O–H groups in total. The normalized spacial score (nSPS) is 17.9. The van der Waals surface area contributed by atoms with E-state index in [1.165, 1.54) is 30.0 Å². The summed E-state index contributed by atoms with van der Waals surface area (Å²) < 4.78 is 4.65. The summed E-state index contributed by atoms with van der Waals surface area (Å²) in [5.41, 5.74) is 0.210. The Hall–Kier alpha value is -2.14. The summed E-state index contributed by atoms with van der Waals surface area (Å²) in [6.45, 7) is 0.172. The van der Waals surface area contributed by atoms with E-state index in [1.54, 1.807) is 6.26 Å². The predicted octanol–water partition coefficient (Wildman–Crippen LogP) is 0.596. The van der Waals surface area contributed by atoms with Gasteiger partial charge in [-0.2, -0.15) is 5.26 Å². The molecule has 0 bridgehead atoms. The molecule has 20 heavy (non-hydrogen) atoms. The Morgan fingerprint density at radius 2 is 2.40 bits per heavy atom. The first kappa shape index (κ1) is 14.3. The number of aromatic nitrogens is 2. The molecule has 1 fully saturated rings. The number of methoxy groups -OCH3 is 1. The van der Waals surface area contributed by atoms with Gasteiger partial charge in [-0.3, -0.25) is 14.5 Å². The zero-order chi connectivity index (χ0) is 14.7. The minimum Gasteiger partial charge on any atom is -0.469 e. The molecule has 0 spiro atoms. The van der Waals surface area contributed by atoms with Gasteiger partial charge in [0.2, 0.25) is 5.91 Å². The van der Waals surface area contributed by atoms with Crippen molar-refractivity contribution in [2.24, 2.45) is 5.92 Å². The zero-order valence-corrected chi connectivity index (χ0v) is 11.8. The lowest BCUT2D eigenvalue weighted by Gasteiger charge is -2.16. The van der Waals surface area contributed by atoms with Crippen LogP contribution in [0.1, 0.15) is 12.0 Å². The van der Waals surface area contributed by atoms with E-state index in [0.717, 1.165) is 0 Å². The van der Waals surface area contributed by atoms with Crippen molar-refractivity contribution in [2.45, 2.75) is 11.6 Å². The first-order valence-corrected chi connectivity index (χ1v) is 7.02. The number of rotatable bonds is 3. The topological polar surface area (TPSA) is 96.2 Å². The van der Waals surface area contributed by atoms with Crippen LogP contribution in [0, 0.1) is 17.2 Å². The molecule has 1 aliphatic rings. The van der Waals surface area contributed by atoms with Crippen LogP contribution in [0.25, 0.3) is 0 Å². The second kappa shape index (κ2) is 5.88. The number of ether oxygens (including phenoxy) is 1. The first-order chi connectivity index (χ1) is 9.60. The van der Waals surface area contributed by atoms with E-state index in [0.29, 0.717) is 5.16 Å². The van der Waals surface area contributed by atoms with Crippen molar-refractivity contribution in [1.82, 2.24) is 9.97 Å². The Morgan fingerprint density at radius 3 is 3.00 bits per heavy atom. The maximum atomic E-state index is 12.0. The smallest absolute Gasteiger partial charge is 0.311 e. The standard InChI is InChI=1S/C12H12N4O3S/c1-19-11(18)7-3-9(17)16(6-7)10-8(4-13)5-14-12(15-10)20-2/h5,7H,3,6H2,1-2H3. The molecule has 1 saturated heterocycles. The minimum atomic E-state index is -0.522. The van der Waals surface area contributed by atoms with Gasteiger partial charge >= 0.3 is 5.97 Å². The van der Waals surface area contributed by atoms with E-state index in [-0.39, 0.29) is 30.3 Å². The maximum absolute atomic E-state index is 12.0. The zero-order valence-electron chi connectivity index (χ0n) is 11.0. The highest BCUT2D eigenvalue weighted by Crippen LogP contribution is 2.27. The van der Waals surface area contributed by atoms with Crippen LogP contribution < -0.4 is 4.90 Å². The molecule has 1 aromatic heterocycles. The van der Waals surface area contributed by atoms with E-state index in [1.807, 2.05) is 6.07 Å². The fraction of sp³-hybridized carbons (Fsp3) is 0.417. The Kier molecular flexibility index (Phi) is 4.20. The molecular formula is C12H12N4O3S. The van der Waals surface area contributed by atoms with Gasteiger partial charge in [-0.15, -0.1) is 0 Å². The van der Waals surface area contributed by atoms with Crippen LogP contribution in [-0.2, 0) is 14.3 Å². The number of anilines is 1. The van der Waals surface area contributed by atoms with Crippen molar-refractivity contribution in [3.8, 4) is 6.07 Å². The first-order valence-electron chi connectivity index (χ1n) is 5.80. The van der Waals surface area contributed by atoms with Gasteiger partial charge in [0.15, 0.2) is 11.0 Å². The molecular weight excluding hydrogens is 280 g/mol. The van der Waals surface area contributed by atoms with Gasteiger partial charge in [0, 0.05) is 13.0 Å². The van der Waals surface area contributed by atoms with Gasteiger partial charge in [-0.1, -0.05) is 11.8 Å². The average Bonchev–Trinajstić information content (AvgIpc) is 2.87. The van der Waals surface area contributed by atoms with Gasteiger partial charge in [0.25, 0.3) is 0 Å². The number of thioether (sulfide) groups is 1. The third-order valence-corrected chi connectivity index (χ3v) is 3.53. The summed E-state index contributed by atoms with van der Waals surface area (Å²) in [6.07, 6.45) is 3.25. The fourth-order valence-electron chi connectivity index (χ4n) is 1.98. The largest absolute Gasteiger partial charge is 0.469 e. The Balaban J connectivity index is 2.34. The summed E-state index contributed by atoms with van der Waals surface area (Å²) in [5.74, 6) is -0.948. The van der Waals surface area contributed by atoms with Crippen LogP contribution in [-0.4, -0.2) is 41.8 Å². The van der Waals surface area contributed by atoms with Crippen molar-refractivity contribution in [3.05, 3.63) is 11.8 Å². The molecule has 8 heteroatoms. The minimum absolute atomic E-state index is 0.0656. The second-order valence-electron chi connectivity index (χ2n) is 4.13. The van der Waals surface area contributed by atoms with Crippen LogP contribution >= 0.6 is 11.8 Å². The number of carbonyl (C=O) groups excluding carboxylic acids is 2. The monoisotopic (exact) mass is 292 g/mol. The summed E-state index contributed by atoms with van der Waals surface area (Å²) in [7, 11) is 1.28. The molecule has 1 aromatic rings. The maximum Gasteiger partial charge on any atom is 0.311 e. The fourth-order valence-corrected chi connectivity index (χ4v) is 2.31. The summed E-state index contributed by atoms with van der Waals surface area (Å²) in [5, 5.41) is 9.55. The van der Waals surface area contributed by atoms with E-state index in [9.17, 15) is 9.59 Å². The molecule has 0 radical (unpaired) electrons. The Morgan fingerprint density at radius 1 is 1.65 bits per heavy atom. The molecule has 1 atom stereocenters. The molecule has 104 valence electrons. The summed E-state index contributed by atoms with van der Waals surface area (Å²) in [4.78, 5) is 33.1. The van der Waals surface area contributed by atoms with Crippen LogP contribution in [0.2, 0.25) is 0 Å². The number of hydrogen-bond donors (Lipinski definition) is 0. The van der Waals surface area contributed by atoms with Crippen LogP contribution in [0.15, 0.2) is 11.4 Å². The molecule has 2 rings (SSSR count). The van der Waals surface area contributed by atoms with Crippen molar-refractivity contribution in [2.75, 3.05) is 24.8 Å². The Labute approximate surface area is 119 Å². The van der Waals surface area contributed by atoms with E-state index < -0.39 is 11.9 Å². The number of esters is 1.